The second kappa shape index (κ2) is 5.09. The van der Waals surface area contributed by atoms with Gasteiger partial charge >= 0.3 is 11.8 Å². The van der Waals surface area contributed by atoms with Crippen molar-refractivity contribution in [2.75, 3.05) is 6.54 Å². The molecule has 0 saturated heterocycles. The lowest BCUT2D eigenvalue weighted by molar-refractivity contribution is 0.0912. The number of rotatable bonds is 4. The van der Waals surface area contributed by atoms with Crippen LogP contribution in [0, 0.1) is 0 Å². The SMILES string of the molecule is CCNC(=O)c1nc(Cn2cc(Br)cn2)no1. The summed E-state index contributed by atoms with van der Waals surface area (Å²) in [6, 6.07) is 0. The van der Waals surface area contributed by atoms with Crippen LogP contribution in [-0.4, -0.2) is 32.4 Å². The fourth-order valence-electron chi connectivity index (χ4n) is 1.22. The van der Waals surface area contributed by atoms with Gasteiger partial charge in [0.05, 0.1) is 10.7 Å². The number of nitrogens with zero attached hydrogens (tertiary/aromatic N) is 4. The summed E-state index contributed by atoms with van der Waals surface area (Å²) < 4.78 is 7.33. The Hall–Kier alpha value is -1.70. The molecule has 17 heavy (non-hydrogen) atoms. The van der Waals surface area contributed by atoms with E-state index in [2.05, 4.69) is 36.5 Å². The first kappa shape index (κ1) is 11.8. The zero-order chi connectivity index (χ0) is 12.3. The fraction of sp³-hybridized carbons (Fsp3) is 0.333. The summed E-state index contributed by atoms with van der Waals surface area (Å²) in [6.07, 6.45) is 3.44. The molecule has 7 nitrogen and oxygen atoms in total. The highest BCUT2D eigenvalue weighted by Gasteiger charge is 2.14. The van der Waals surface area contributed by atoms with E-state index in [0.29, 0.717) is 18.9 Å². The minimum atomic E-state index is -0.368. The maximum absolute atomic E-state index is 11.4. The number of halogens is 1. The third kappa shape index (κ3) is 2.90. The molecular weight excluding hydrogens is 290 g/mol. The molecule has 90 valence electrons. The number of carbonyl (C=O) groups is 1. The van der Waals surface area contributed by atoms with Gasteiger partial charge in [0.2, 0.25) is 0 Å². The molecule has 0 unspecified atom stereocenters. The van der Waals surface area contributed by atoms with E-state index in [9.17, 15) is 4.79 Å². The van der Waals surface area contributed by atoms with Gasteiger partial charge in [-0.25, -0.2) is 0 Å². The summed E-state index contributed by atoms with van der Waals surface area (Å²) in [5.41, 5.74) is 0. The summed E-state index contributed by atoms with van der Waals surface area (Å²) >= 11 is 3.28. The highest BCUT2D eigenvalue weighted by molar-refractivity contribution is 9.10. The fourth-order valence-corrected chi connectivity index (χ4v) is 1.54. The van der Waals surface area contributed by atoms with Crippen molar-refractivity contribution in [3.63, 3.8) is 0 Å². The summed E-state index contributed by atoms with van der Waals surface area (Å²) in [5, 5.41) is 10.3. The molecule has 2 heterocycles. The predicted octanol–water partition coefficient (Wildman–Crippen LogP) is 0.827. The largest absolute Gasteiger partial charge is 0.348 e. The highest BCUT2D eigenvalue weighted by Crippen LogP contribution is 2.07. The Labute approximate surface area is 105 Å². The van der Waals surface area contributed by atoms with E-state index in [0.717, 1.165) is 4.47 Å². The molecule has 0 bridgehead atoms. The molecule has 0 aliphatic heterocycles. The highest BCUT2D eigenvalue weighted by atomic mass is 79.9. The molecule has 1 N–H and O–H groups in total. The zero-order valence-electron chi connectivity index (χ0n) is 9.05. The van der Waals surface area contributed by atoms with Gasteiger partial charge in [-0.2, -0.15) is 10.1 Å². The first-order chi connectivity index (χ1) is 8.19. The van der Waals surface area contributed by atoms with E-state index in [1.807, 2.05) is 6.92 Å². The molecule has 2 rings (SSSR count). The predicted molar refractivity (Wildman–Crippen MR) is 61.3 cm³/mol. The van der Waals surface area contributed by atoms with Crippen molar-refractivity contribution in [2.24, 2.45) is 0 Å². The van der Waals surface area contributed by atoms with E-state index in [-0.39, 0.29) is 11.8 Å². The van der Waals surface area contributed by atoms with E-state index >= 15 is 0 Å². The Balaban J connectivity index is 2.06. The van der Waals surface area contributed by atoms with Crippen molar-refractivity contribution in [1.29, 1.82) is 0 Å². The van der Waals surface area contributed by atoms with E-state index in [4.69, 9.17) is 4.52 Å². The van der Waals surface area contributed by atoms with Crippen LogP contribution in [0.3, 0.4) is 0 Å². The van der Waals surface area contributed by atoms with Crippen molar-refractivity contribution >= 4 is 21.8 Å². The van der Waals surface area contributed by atoms with Crippen LogP contribution in [-0.2, 0) is 6.54 Å². The quantitative estimate of drug-likeness (QED) is 0.903. The number of hydrogen-bond acceptors (Lipinski definition) is 5. The minimum absolute atomic E-state index is 0.0342. The van der Waals surface area contributed by atoms with Crippen molar-refractivity contribution in [3.05, 3.63) is 28.6 Å². The molecule has 0 aromatic carbocycles. The molecule has 0 radical (unpaired) electrons. The minimum Gasteiger partial charge on any atom is -0.348 e. The standard InChI is InChI=1S/C9H10BrN5O2/c1-2-11-8(16)9-13-7(14-17-9)5-15-4-6(10)3-12-15/h3-4H,2,5H2,1H3,(H,11,16). The summed E-state index contributed by atoms with van der Waals surface area (Å²) in [6.45, 7) is 2.69. The van der Waals surface area contributed by atoms with E-state index < -0.39 is 0 Å². The molecule has 1 amide bonds. The molecule has 0 aliphatic rings. The summed E-state index contributed by atoms with van der Waals surface area (Å²) in [7, 11) is 0. The molecule has 2 aromatic rings. The monoisotopic (exact) mass is 299 g/mol. The number of carbonyl (C=O) groups excluding carboxylic acids is 1. The van der Waals surface area contributed by atoms with Crippen molar-refractivity contribution in [1.82, 2.24) is 25.2 Å². The summed E-state index contributed by atoms with van der Waals surface area (Å²) in [4.78, 5) is 15.3. The Morgan fingerprint density at radius 2 is 2.47 bits per heavy atom. The third-order valence-electron chi connectivity index (χ3n) is 1.90. The molecule has 0 aliphatic carbocycles. The van der Waals surface area contributed by atoms with Gasteiger partial charge in [-0.1, -0.05) is 5.16 Å². The van der Waals surface area contributed by atoms with Crippen LogP contribution in [0.2, 0.25) is 0 Å². The van der Waals surface area contributed by atoms with Gasteiger partial charge in [-0.3, -0.25) is 9.48 Å². The lowest BCUT2D eigenvalue weighted by Gasteiger charge is -1.94. The van der Waals surface area contributed by atoms with Gasteiger partial charge in [0, 0.05) is 12.7 Å². The first-order valence-corrected chi connectivity index (χ1v) is 5.77. The number of aromatic nitrogens is 4. The molecule has 8 heteroatoms. The van der Waals surface area contributed by atoms with Gasteiger partial charge in [0.25, 0.3) is 0 Å². The van der Waals surface area contributed by atoms with Gasteiger partial charge < -0.3 is 9.84 Å². The second-order valence-electron chi connectivity index (χ2n) is 3.23. The molecule has 0 fully saturated rings. The summed E-state index contributed by atoms with van der Waals surface area (Å²) in [5.74, 6) is 0.00261. The third-order valence-corrected chi connectivity index (χ3v) is 2.31. The molecule has 0 saturated carbocycles. The molecule has 0 atom stereocenters. The van der Waals surface area contributed by atoms with Crippen LogP contribution in [0.25, 0.3) is 0 Å². The Morgan fingerprint density at radius 3 is 3.12 bits per heavy atom. The second-order valence-corrected chi connectivity index (χ2v) is 4.15. The van der Waals surface area contributed by atoms with Crippen LogP contribution < -0.4 is 5.32 Å². The number of nitrogens with one attached hydrogen (secondary N) is 1. The van der Waals surface area contributed by atoms with E-state index in [1.54, 1.807) is 17.1 Å². The zero-order valence-corrected chi connectivity index (χ0v) is 10.6. The lowest BCUT2D eigenvalue weighted by Crippen LogP contribution is -2.23. The maximum Gasteiger partial charge on any atom is 0.316 e. The van der Waals surface area contributed by atoms with Crippen molar-refractivity contribution in [3.8, 4) is 0 Å². The number of hydrogen-bond donors (Lipinski definition) is 1. The average Bonchev–Trinajstić information content (AvgIpc) is 2.89. The Morgan fingerprint density at radius 1 is 1.65 bits per heavy atom. The first-order valence-electron chi connectivity index (χ1n) is 4.97. The Kier molecular flexibility index (Phi) is 3.52. The van der Waals surface area contributed by atoms with Gasteiger partial charge in [0.1, 0.15) is 6.54 Å². The van der Waals surface area contributed by atoms with Gasteiger partial charge in [0.15, 0.2) is 5.82 Å². The normalized spacial score (nSPS) is 10.5. The van der Waals surface area contributed by atoms with Crippen molar-refractivity contribution in [2.45, 2.75) is 13.5 Å². The van der Waals surface area contributed by atoms with Crippen LogP contribution in [0.15, 0.2) is 21.4 Å². The smallest absolute Gasteiger partial charge is 0.316 e. The molecule has 0 spiro atoms. The average molecular weight is 300 g/mol. The van der Waals surface area contributed by atoms with Gasteiger partial charge in [-0.05, 0) is 22.9 Å². The Bertz CT molecular complexity index is 521. The van der Waals surface area contributed by atoms with Crippen LogP contribution in [0.4, 0.5) is 0 Å². The van der Waals surface area contributed by atoms with Crippen LogP contribution in [0.1, 0.15) is 23.4 Å². The van der Waals surface area contributed by atoms with Gasteiger partial charge in [-0.15, -0.1) is 0 Å². The van der Waals surface area contributed by atoms with Crippen LogP contribution >= 0.6 is 15.9 Å². The number of amides is 1. The maximum atomic E-state index is 11.4. The molecule has 2 aromatic heterocycles. The molecular formula is C9H10BrN5O2. The van der Waals surface area contributed by atoms with Crippen LogP contribution in [0.5, 0.6) is 0 Å². The van der Waals surface area contributed by atoms with E-state index in [1.165, 1.54) is 0 Å². The van der Waals surface area contributed by atoms with Crippen molar-refractivity contribution < 1.29 is 9.32 Å². The lowest BCUT2D eigenvalue weighted by atomic mass is 10.5. The topological polar surface area (TPSA) is 85.8 Å².